The zero-order chi connectivity index (χ0) is 25.5. The zero-order valence-corrected chi connectivity index (χ0v) is 21.4. The molecule has 0 atom stereocenters. The number of para-hydroxylation sites is 1. The minimum Gasteiger partial charge on any atom is -0.447 e. The number of H-pyrrole nitrogens is 1. The van der Waals surface area contributed by atoms with Crippen molar-refractivity contribution < 1.29 is 13.9 Å². The van der Waals surface area contributed by atoms with Crippen molar-refractivity contribution in [1.82, 2.24) is 25.1 Å². The SMILES string of the molecule is Cc1ccc(CN(CCc2c[nH]c3ccccc23)Cc2nc(C(=O)NCCN3CCOCC3)co2)cc1. The summed E-state index contributed by atoms with van der Waals surface area (Å²) in [5.41, 5.74) is 5.24. The lowest BCUT2D eigenvalue weighted by atomic mass is 10.1. The Bertz CT molecular complexity index is 1290. The van der Waals surface area contributed by atoms with Crippen LogP contribution in [0.1, 0.15) is 33.1 Å². The maximum Gasteiger partial charge on any atom is 0.273 e. The molecule has 5 rings (SSSR count). The second-order valence-electron chi connectivity index (χ2n) is 9.64. The van der Waals surface area contributed by atoms with Crippen LogP contribution in [0.2, 0.25) is 0 Å². The number of oxazole rings is 1. The number of nitrogens with one attached hydrogen (secondary N) is 2. The van der Waals surface area contributed by atoms with Gasteiger partial charge in [0, 0.05) is 56.4 Å². The van der Waals surface area contributed by atoms with Gasteiger partial charge in [-0.3, -0.25) is 14.6 Å². The third-order valence-electron chi connectivity index (χ3n) is 6.86. The van der Waals surface area contributed by atoms with E-state index >= 15 is 0 Å². The number of carbonyl (C=O) groups is 1. The Hall–Kier alpha value is -3.46. The molecule has 3 heterocycles. The van der Waals surface area contributed by atoms with Crippen LogP contribution in [0.3, 0.4) is 0 Å². The number of hydrogen-bond donors (Lipinski definition) is 2. The molecule has 1 aliphatic rings. The molecule has 1 fully saturated rings. The van der Waals surface area contributed by atoms with Crippen LogP contribution in [0.25, 0.3) is 10.9 Å². The Labute approximate surface area is 217 Å². The predicted octanol–water partition coefficient (Wildman–Crippen LogP) is 3.77. The Morgan fingerprint density at radius 3 is 2.76 bits per heavy atom. The fourth-order valence-electron chi connectivity index (χ4n) is 4.70. The minimum absolute atomic E-state index is 0.202. The first-order valence-corrected chi connectivity index (χ1v) is 13.0. The fraction of sp³-hybridized carbons (Fsp3) is 0.379. The van der Waals surface area contributed by atoms with Crippen LogP contribution in [0.15, 0.2) is 65.4 Å². The smallest absolute Gasteiger partial charge is 0.273 e. The van der Waals surface area contributed by atoms with Crippen molar-refractivity contribution in [1.29, 1.82) is 0 Å². The van der Waals surface area contributed by atoms with Crippen molar-refractivity contribution in [3.05, 3.63) is 89.3 Å². The molecule has 2 aromatic carbocycles. The van der Waals surface area contributed by atoms with E-state index in [0.717, 1.165) is 57.9 Å². The number of benzene rings is 2. The third kappa shape index (κ3) is 6.85. The number of aromatic nitrogens is 2. The number of ether oxygens (including phenoxy) is 1. The van der Waals surface area contributed by atoms with E-state index < -0.39 is 0 Å². The molecule has 0 aliphatic carbocycles. The monoisotopic (exact) mass is 501 g/mol. The number of aromatic amines is 1. The Morgan fingerprint density at radius 1 is 1.11 bits per heavy atom. The quantitative estimate of drug-likeness (QED) is 0.325. The number of fused-ring (bicyclic) bond motifs is 1. The van der Waals surface area contributed by atoms with Crippen molar-refractivity contribution in [2.75, 3.05) is 45.9 Å². The number of amides is 1. The van der Waals surface area contributed by atoms with Crippen molar-refractivity contribution in [2.24, 2.45) is 0 Å². The molecule has 0 spiro atoms. The molecule has 194 valence electrons. The van der Waals surface area contributed by atoms with E-state index in [1.54, 1.807) is 0 Å². The maximum absolute atomic E-state index is 12.6. The van der Waals surface area contributed by atoms with Gasteiger partial charge in [0.15, 0.2) is 5.69 Å². The molecule has 37 heavy (non-hydrogen) atoms. The van der Waals surface area contributed by atoms with Gasteiger partial charge < -0.3 is 19.5 Å². The summed E-state index contributed by atoms with van der Waals surface area (Å²) in [6.07, 6.45) is 4.45. The highest BCUT2D eigenvalue weighted by molar-refractivity contribution is 5.91. The highest BCUT2D eigenvalue weighted by Crippen LogP contribution is 2.19. The summed E-state index contributed by atoms with van der Waals surface area (Å²) in [5, 5.41) is 4.21. The van der Waals surface area contributed by atoms with E-state index in [1.807, 2.05) is 6.07 Å². The molecule has 8 nitrogen and oxygen atoms in total. The van der Waals surface area contributed by atoms with Crippen LogP contribution in [0.5, 0.6) is 0 Å². The van der Waals surface area contributed by atoms with E-state index in [0.29, 0.717) is 24.7 Å². The van der Waals surface area contributed by atoms with Gasteiger partial charge in [0.2, 0.25) is 5.89 Å². The molecule has 1 amide bonds. The first-order valence-electron chi connectivity index (χ1n) is 13.0. The number of carbonyl (C=O) groups excluding carboxylic acids is 1. The molecule has 1 aliphatic heterocycles. The molecule has 0 unspecified atom stereocenters. The van der Waals surface area contributed by atoms with Crippen molar-refractivity contribution in [3.8, 4) is 0 Å². The average molecular weight is 502 g/mol. The number of hydrogen-bond acceptors (Lipinski definition) is 6. The van der Waals surface area contributed by atoms with Gasteiger partial charge >= 0.3 is 0 Å². The third-order valence-corrected chi connectivity index (χ3v) is 6.86. The standard InChI is InChI=1S/C29H35N5O3/c1-22-6-8-23(9-7-22)19-34(12-10-24-18-31-26-5-3-2-4-25(24)26)20-28-32-27(21-37-28)29(35)30-11-13-33-14-16-36-17-15-33/h2-9,18,21,31H,10-17,19-20H2,1H3,(H,30,35). The fourth-order valence-corrected chi connectivity index (χ4v) is 4.70. The average Bonchev–Trinajstić information content (AvgIpc) is 3.56. The maximum atomic E-state index is 12.6. The topological polar surface area (TPSA) is 86.6 Å². The summed E-state index contributed by atoms with van der Waals surface area (Å²) in [6, 6.07) is 17.0. The van der Waals surface area contributed by atoms with Crippen molar-refractivity contribution in [2.45, 2.75) is 26.4 Å². The van der Waals surface area contributed by atoms with Crippen LogP contribution in [-0.4, -0.2) is 71.6 Å². The highest BCUT2D eigenvalue weighted by atomic mass is 16.5. The van der Waals surface area contributed by atoms with E-state index in [9.17, 15) is 4.79 Å². The summed E-state index contributed by atoms with van der Waals surface area (Å²) in [7, 11) is 0. The van der Waals surface area contributed by atoms with Crippen LogP contribution in [0.4, 0.5) is 0 Å². The lowest BCUT2D eigenvalue weighted by Gasteiger charge is -2.26. The van der Waals surface area contributed by atoms with Gasteiger partial charge in [-0.05, 0) is 30.5 Å². The van der Waals surface area contributed by atoms with Gasteiger partial charge in [0.1, 0.15) is 6.26 Å². The van der Waals surface area contributed by atoms with Crippen LogP contribution >= 0.6 is 0 Å². The van der Waals surface area contributed by atoms with E-state index in [2.05, 4.69) is 80.7 Å². The van der Waals surface area contributed by atoms with Gasteiger partial charge in [-0.25, -0.2) is 4.98 Å². The number of nitrogens with zero attached hydrogens (tertiary/aromatic N) is 3. The summed E-state index contributed by atoms with van der Waals surface area (Å²) in [4.78, 5) is 25.1. The van der Waals surface area contributed by atoms with Gasteiger partial charge in [-0.1, -0.05) is 48.0 Å². The Balaban J connectivity index is 1.21. The van der Waals surface area contributed by atoms with Gasteiger partial charge in [-0.15, -0.1) is 0 Å². The first kappa shape index (κ1) is 25.2. The molecule has 4 aromatic rings. The zero-order valence-electron chi connectivity index (χ0n) is 21.4. The number of morpholine rings is 1. The summed E-state index contributed by atoms with van der Waals surface area (Å²) >= 11 is 0. The van der Waals surface area contributed by atoms with Gasteiger partial charge in [0.25, 0.3) is 5.91 Å². The predicted molar refractivity (Wildman–Crippen MR) is 143 cm³/mol. The second kappa shape index (κ2) is 12.2. The molecule has 0 radical (unpaired) electrons. The minimum atomic E-state index is -0.202. The highest BCUT2D eigenvalue weighted by Gasteiger charge is 2.17. The molecule has 2 aromatic heterocycles. The van der Waals surface area contributed by atoms with Crippen molar-refractivity contribution >= 4 is 16.8 Å². The lowest BCUT2D eigenvalue weighted by Crippen LogP contribution is -2.41. The summed E-state index contributed by atoms with van der Waals surface area (Å²) in [6.45, 7) is 8.91. The summed E-state index contributed by atoms with van der Waals surface area (Å²) < 4.78 is 11.1. The molecular formula is C29H35N5O3. The van der Waals surface area contributed by atoms with E-state index in [-0.39, 0.29) is 5.91 Å². The largest absolute Gasteiger partial charge is 0.447 e. The van der Waals surface area contributed by atoms with Gasteiger partial charge in [0.05, 0.1) is 19.8 Å². The molecule has 8 heteroatoms. The number of aryl methyl sites for hydroxylation is 1. The molecule has 2 N–H and O–H groups in total. The number of rotatable bonds is 11. The second-order valence-corrected chi connectivity index (χ2v) is 9.64. The molecule has 1 saturated heterocycles. The molecule has 0 saturated carbocycles. The van der Waals surface area contributed by atoms with Gasteiger partial charge in [-0.2, -0.15) is 0 Å². The van der Waals surface area contributed by atoms with Crippen LogP contribution in [-0.2, 0) is 24.2 Å². The lowest BCUT2D eigenvalue weighted by molar-refractivity contribution is 0.0383. The van der Waals surface area contributed by atoms with Crippen molar-refractivity contribution in [3.63, 3.8) is 0 Å². The van der Waals surface area contributed by atoms with E-state index in [4.69, 9.17) is 9.15 Å². The normalized spacial score (nSPS) is 14.4. The van der Waals surface area contributed by atoms with E-state index in [1.165, 1.54) is 28.3 Å². The Kier molecular flexibility index (Phi) is 8.30. The summed E-state index contributed by atoms with van der Waals surface area (Å²) in [5.74, 6) is 0.344. The molecule has 0 bridgehead atoms. The van der Waals surface area contributed by atoms with Crippen LogP contribution < -0.4 is 5.32 Å². The molecular weight excluding hydrogens is 466 g/mol. The first-order chi connectivity index (χ1) is 18.1. The van der Waals surface area contributed by atoms with Crippen LogP contribution in [0, 0.1) is 6.92 Å². The Morgan fingerprint density at radius 2 is 1.92 bits per heavy atom.